The van der Waals surface area contributed by atoms with Crippen molar-refractivity contribution in [1.82, 2.24) is 9.55 Å². The van der Waals surface area contributed by atoms with E-state index in [1.54, 1.807) is 12.1 Å². The van der Waals surface area contributed by atoms with Crippen molar-refractivity contribution in [1.29, 1.82) is 0 Å². The third-order valence-corrected chi connectivity index (χ3v) is 4.74. The first-order chi connectivity index (χ1) is 10.1. The highest BCUT2D eigenvalue weighted by atomic mass is 35.5. The first-order valence-corrected chi connectivity index (χ1v) is 8.31. The van der Waals surface area contributed by atoms with Crippen LogP contribution in [0.5, 0.6) is 0 Å². The molecule has 0 amide bonds. The predicted molar refractivity (Wildman–Crippen MR) is 82.8 cm³/mol. The van der Waals surface area contributed by atoms with Crippen molar-refractivity contribution >= 4 is 23.4 Å². The Morgan fingerprint density at radius 3 is 2.95 bits per heavy atom. The highest BCUT2D eigenvalue weighted by Gasteiger charge is 2.21. The molecule has 0 saturated heterocycles. The minimum Gasteiger partial charge on any atom is -0.283 e. The fraction of sp³-hybridized carbons (Fsp3) is 0.333. The van der Waals surface area contributed by atoms with Gasteiger partial charge in [0.05, 0.1) is 12.2 Å². The normalized spacial score (nSPS) is 13.5. The molecule has 6 heteroatoms. The highest BCUT2D eigenvalue weighted by Crippen LogP contribution is 2.24. The summed E-state index contributed by atoms with van der Waals surface area (Å²) in [6, 6.07) is 4.54. The lowest BCUT2D eigenvalue weighted by molar-refractivity contribution is 0.572. The molecule has 0 spiro atoms. The number of aromatic nitrogens is 2. The lowest BCUT2D eigenvalue weighted by atomic mass is 10.2. The maximum Gasteiger partial charge on any atom is 0.257 e. The third kappa shape index (κ3) is 2.60. The molecule has 0 radical (unpaired) electrons. The molecule has 1 aromatic heterocycles. The lowest BCUT2D eigenvalue weighted by Crippen LogP contribution is -2.27. The fourth-order valence-electron chi connectivity index (χ4n) is 2.64. The van der Waals surface area contributed by atoms with Gasteiger partial charge in [-0.05, 0) is 37.7 Å². The lowest BCUT2D eigenvalue weighted by Gasteiger charge is -2.14. The Morgan fingerprint density at radius 1 is 1.43 bits per heavy atom. The molecule has 1 aliphatic rings. The topological polar surface area (TPSA) is 34.9 Å². The van der Waals surface area contributed by atoms with Crippen molar-refractivity contribution in [2.75, 3.05) is 6.26 Å². The van der Waals surface area contributed by atoms with E-state index in [0.29, 0.717) is 15.7 Å². The highest BCUT2D eigenvalue weighted by molar-refractivity contribution is 7.98. The second-order valence-corrected chi connectivity index (χ2v) is 6.15. The summed E-state index contributed by atoms with van der Waals surface area (Å²) in [5.41, 5.74) is 1.91. The monoisotopic (exact) mass is 324 g/mol. The summed E-state index contributed by atoms with van der Waals surface area (Å²) in [6.45, 7) is 0.112. The maximum absolute atomic E-state index is 14.0. The molecule has 1 aliphatic carbocycles. The molecule has 110 valence electrons. The van der Waals surface area contributed by atoms with E-state index in [2.05, 4.69) is 4.98 Å². The average Bonchev–Trinajstić information content (AvgIpc) is 2.93. The van der Waals surface area contributed by atoms with E-state index in [1.807, 2.05) is 6.26 Å². The van der Waals surface area contributed by atoms with Crippen molar-refractivity contribution in [3.63, 3.8) is 0 Å². The zero-order valence-electron chi connectivity index (χ0n) is 11.5. The van der Waals surface area contributed by atoms with E-state index in [1.165, 1.54) is 22.4 Å². The van der Waals surface area contributed by atoms with Crippen LogP contribution in [0.4, 0.5) is 4.39 Å². The van der Waals surface area contributed by atoms with Crippen LogP contribution < -0.4 is 5.56 Å². The van der Waals surface area contributed by atoms with Gasteiger partial charge in [0.25, 0.3) is 5.56 Å². The largest absolute Gasteiger partial charge is 0.283 e. The fourth-order valence-corrected chi connectivity index (χ4v) is 3.44. The van der Waals surface area contributed by atoms with Crippen LogP contribution in [-0.4, -0.2) is 15.8 Å². The number of halogens is 2. The van der Waals surface area contributed by atoms with Crippen LogP contribution in [0, 0.1) is 5.82 Å². The molecule has 3 rings (SSSR count). The zero-order valence-corrected chi connectivity index (χ0v) is 13.1. The Bertz CT molecular complexity index is 740. The molecule has 0 saturated carbocycles. The second-order valence-electron chi connectivity index (χ2n) is 4.97. The van der Waals surface area contributed by atoms with E-state index in [9.17, 15) is 9.18 Å². The molecule has 2 aromatic rings. The molecule has 0 fully saturated rings. The molecular weight excluding hydrogens is 311 g/mol. The van der Waals surface area contributed by atoms with Crippen LogP contribution in [0.15, 0.2) is 28.2 Å². The van der Waals surface area contributed by atoms with Crippen molar-refractivity contribution in [2.24, 2.45) is 0 Å². The van der Waals surface area contributed by atoms with Gasteiger partial charge < -0.3 is 0 Å². The van der Waals surface area contributed by atoms with Gasteiger partial charge in [0.1, 0.15) is 5.82 Å². The van der Waals surface area contributed by atoms with Crippen molar-refractivity contribution in [3.8, 4) is 0 Å². The Hall–Kier alpha value is -1.33. The van der Waals surface area contributed by atoms with Gasteiger partial charge in [-0.25, -0.2) is 9.37 Å². The van der Waals surface area contributed by atoms with E-state index in [4.69, 9.17) is 11.6 Å². The zero-order chi connectivity index (χ0) is 15.0. The van der Waals surface area contributed by atoms with Crippen molar-refractivity contribution in [2.45, 2.75) is 31.0 Å². The molecule has 0 unspecified atom stereocenters. The number of thioether (sulfide) groups is 1. The van der Waals surface area contributed by atoms with E-state index in [-0.39, 0.29) is 12.1 Å². The van der Waals surface area contributed by atoms with Crippen LogP contribution in [0.3, 0.4) is 0 Å². The van der Waals surface area contributed by atoms with Crippen molar-refractivity contribution in [3.05, 3.63) is 56.2 Å². The van der Waals surface area contributed by atoms with Gasteiger partial charge >= 0.3 is 0 Å². The smallest absolute Gasteiger partial charge is 0.257 e. The second kappa shape index (κ2) is 5.81. The number of fused-ring (bicyclic) bond motifs is 1. The first kappa shape index (κ1) is 14.6. The van der Waals surface area contributed by atoms with Gasteiger partial charge in [0.2, 0.25) is 0 Å². The van der Waals surface area contributed by atoms with Crippen LogP contribution in [0.1, 0.15) is 23.2 Å². The van der Waals surface area contributed by atoms with Crippen molar-refractivity contribution < 1.29 is 4.39 Å². The van der Waals surface area contributed by atoms with Gasteiger partial charge in [-0.1, -0.05) is 29.4 Å². The Labute approximate surface area is 131 Å². The van der Waals surface area contributed by atoms with Crippen LogP contribution in [0.25, 0.3) is 0 Å². The Kier molecular flexibility index (Phi) is 4.04. The first-order valence-electron chi connectivity index (χ1n) is 6.71. The summed E-state index contributed by atoms with van der Waals surface area (Å²) in [4.78, 5) is 17.2. The van der Waals surface area contributed by atoms with Gasteiger partial charge in [-0.15, -0.1) is 0 Å². The number of benzene rings is 1. The molecule has 0 atom stereocenters. The predicted octanol–water partition coefficient (Wildman–Crippen LogP) is 3.29. The molecule has 0 aliphatic heterocycles. The number of rotatable bonds is 3. The van der Waals surface area contributed by atoms with Gasteiger partial charge in [0, 0.05) is 16.1 Å². The van der Waals surface area contributed by atoms with E-state index >= 15 is 0 Å². The maximum atomic E-state index is 14.0. The third-order valence-electron chi connectivity index (χ3n) is 3.71. The molecule has 1 aromatic carbocycles. The standard InChI is InChI=1S/C15H14ClFN2OS/c1-21-15-18-13-7-2-4-9(13)14(20)19(15)8-10-11(16)5-3-6-12(10)17/h3,5-6H,2,4,7-8H2,1H3. The van der Waals surface area contributed by atoms with Crippen LogP contribution in [0.2, 0.25) is 5.02 Å². The van der Waals surface area contributed by atoms with E-state index < -0.39 is 5.82 Å². The van der Waals surface area contributed by atoms with Crippen LogP contribution in [-0.2, 0) is 19.4 Å². The molecule has 1 heterocycles. The molecule has 0 bridgehead atoms. The molecule has 3 nitrogen and oxygen atoms in total. The van der Waals surface area contributed by atoms with E-state index in [0.717, 1.165) is 30.5 Å². The number of hydrogen-bond donors (Lipinski definition) is 0. The molecule has 0 N–H and O–H groups in total. The summed E-state index contributed by atoms with van der Waals surface area (Å²) in [6.07, 6.45) is 4.42. The SMILES string of the molecule is CSc1nc2c(c(=O)n1Cc1c(F)cccc1Cl)CCC2. The number of aryl methyl sites for hydroxylation is 1. The molecule has 21 heavy (non-hydrogen) atoms. The summed E-state index contributed by atoms with van der Waals surface area (Å²) < 4.78 is 15.5. The Morgan fingerprint density at radius 2 is 2.24 bits per heavy atom. The summed E-state index contributed by atoms with van der Waals surface area (Å²) in [5.74, 6) is -0.401. The van der Waals surface area contributed by atoms with Gasteiger partial charge in [0.15, 0.2) is 5.16 Å². The summed E-state index contributed by atoms with van der Waals surface area (Å²) in [5, 5.41) is 0.939. The average molecular weight is 325 g/mol. The summed E-state index contributed by atoms with van der Waals surface area (Å²) >= 11 is 7.45. The van der Waals surface area contributed by atoms with Gasteiger partial charge in [-0.3, -0.25) is 9.36 Å². The quantitative estimate of drug-likeness (QED) is 0.642. The number of nitrogens with zero attached hydrogens (tertiary/aromatic N) is 2. The molecular formula is C15H14ClFN2OS. The summed E-state index contributed by atoms with van der Waals surface area (Å²) in [7, 11) is 0. The Balaban J connectivity index is 2.13. The minimum atomic E-state index is -0.401. The number of hydrogen-bond acceptors (Lipinski definition) is 3. The van der Waals surface area contributed by atoms with Crippen LogP contribution >= 0.6 is 23.4 Å². The van der Waals surface area contributed by atoms with Gasteiger partial charge in [-0.2, -0.15) is 0 Å². The minimum absolute atomic E-state index is 0.0684.